The van der Waals surface area contributed by atoms with E-state index in [4.69, 9.17) is 14.2 Å². The molecule has 2 fully saturated rings. The highest BCUT2D eigenvalue weighted by Crippen LogP contribution is 2.41. The van der Waals surface area contributed by atoms with E-state index in [-0.39, 0.29) is 29.9 Å². The van der Waals surface area contributed by atoms with Gasteiger partial charge in [-0.15, -0.1) is 0 Å². The standard InChI is InChI=1S/C36H44N4O6/c1-21(2)40-29-17-31(24(5)14-27(29)35(42)39-20-23(4)13-30(39)36(40)43)45-10-8-7-9-11-46-33-16-28-26(15-32(33)44-6)34(41)38-19-22(3)12-25(38)18-37-28/h14-18,21,25,30,36,43H,3-4,7-13,19-20H2,1-2,5-6H3/t25-,30-,36?/m0/s1. The first kappa shape index (κ1) is 31.7. The van der Waals surface area contributed by atoms with Crippen molar-refractivity contribution in [3.05, 3.63) is 65.3 Å². The number of hydrogen-bond acceptors (Lipinski definition) is 8. The van der Waals surface area contributed by atoms with E-state index < -0.39 is 6.23 Å². The molecule has 2 aromatic carbocycles. The molecular weight excluding hydrogens is 584 g/mol. The molecule has 3 atom stereocenters. The Bertz CT molecular complexity index is 1600. The van der Waals surface area contributed by atoms with E-state index in [2.05, 4.69) is 18.2 Å². The predicted octanol–water partition coefficient (Wildman–Crippen LogP) is 5.44. The Kier molecular flexibility index (Phi) is 8.83. The van der Waals surface area contributed by atoms with Crippen molar-refractivity contribution >= 4 is 29.4 Å². The van der Waals surface area contributed by atoms with Crippen LogP contribution in [0, 0.1) is 6.92 Å². The van der Waals surface area contributed by atoms with Crippen molar-refractivity contribution in [1.29, 1.82) is 0 Å². The van der Waals surface area contributed by atoms with Crippen LogP contribution in [0.25, 0.3) is 0 Å². The maximum Gasteiger partial charge on any atom is 0.257 e. The summed E-state index contributed by atoms with van der Waals surface area (Å²) in [5.41, 5.74) is 5.25. The molecule has 0 bridgehead atoms. The number of amides is 2. The second-order valence-electron chi connectivity index (χ2n) is 13.0. The third kappa shape index (κ3) is 5.86. The first-order chi connectivity index (χ1) is 22.1. The Balaban J connectivity index is 1.05. The number of nitrogens with zero attached hydrogens (tertiary/aromatic N) is 4. The Morgan fingerprint density at radius 3 is 2.28 bits per heavy atom. The molecule has 4 aliphatic heterocycles. The molecule has 0 aromatic heterocycles. The topological polar surface area (TPSA) is 104 Å². The van der Waals surface area contributed by atoms with Gasteiger partial charge in [-0.1, -0.05) is 24.3 Å². The van der Waals surface area contributed by atoms with Crippen molar-refractivity contribution in [1.82, 2.24) is 9.80 Å². The van der Waals surface area contributed by atoms with Crippen LogP contribution < -0.4 is 19.1 Å². The van der Waals surface area contributed by atoms with Crippen molar-refractivity contribution in [2.45, 2.75) is 77.2 Å². The number of methoxy groups -OCH3 is 1. The third-order valence-corrected chi connectivity index (χ3v) is 9.30. The van der Waals surface area contributed by atoms with Gasteiger partial charge in [-0.2, -0.15) is 0 Å². The van der Waals surface area contributed by atoms with Gasteiger partial charge in [-0.3, -0.25) is 14.6 Å². The minimum atomic E-state index is -0.830. The SMILES string of the molecule is C=C1C[C@H]2C=Nc3cc(OCCCCCOc4cc5c(cc4C)C(=O)N4CC(=C)C[C@H]4C(O)N5C(C)C)c(OC)cc3C(=O)N2C1. The lowest BCUT2D eigenvalue weighted by atomic mass is 10.0. The number of fused-ring (bicyclic) bond motifs is 4. The minimum Gasteiger partial charge on any atom is -0.493 e. The quantitative estimate of drug-likeness (QED) is 0.276. The fourth-order valence-electron chi connectivity index (χ4n) is 6.95. The summed E-state index contributed by atoms with van der Waals surface area (Å²) in [4.78, 5) is 36.9. The lowest BCUT2D eigenvalue weighted by Crippen LogP contribution is -2.50. The number of hydrogen-bond donors (Lipinski definition) is 1. The minimum absolute atomic E-state index is 0.0192. The molecule has 2 saturated heterocycles. The van der Waals surface area contributed by atoms with Crippen LogP contribution in [0.4, 0.5) is 11.4 Å². The maximum absolute atomic E-state index is 13.6. The summed E-state index contributed by atoms with van der Waals surface area (Å²) in [5.74, 6) is 1.63. The van der Waals surface area contributed by atoms with Crippen molar-refractivity contribution in [3.63, 3.8) is 0 Å². The number of aryl methyl sites for hydroxylation is 1. The van der Waals surface area contributed by atoms with Crippen molar-refractivity contribution in [2.24, 2.45) is 4.99 Å². The number of unbranched alkanes of at least 4 members (excludes halogenated alkanes) is 2. The van der Waals surface area contributed by atoms with E-state index in [1.54, 1.807) is 29.0 Å². The Labute approximate surface area is 270 Å². The lowest BCUT2D eigenvalue weighted by molar-refractivity contribution is 0.0497. The summed E-state index contributed by atoms with van der Waals surface area (Å²) in [6.45, 7) is 16.1. The fourth-order valence-corrected chi connectivity index (χ4v) is 6.95. The van der Waals surface area contributed by atoms with E-state index in [0.717, 1.165) is 42.4 Å². The molecular formula is C36H44N4O6. The van der Waals surface area contributed by atoms with Gasteiger partial charge in [0.25, 0.3) is 11.8 Å². The molecule has 0 radical (unpaired) electrons. The zero-order chi connectivity index (χ0) is 32.7. The lowest BCUT2D eigenvalue weighted by Gasteiger charge is -2.36. The van der Waals surface area contributed by atoms with E-state index >= 15 is 0 Å². The number of anilines is 1. The van der Waals surface area contributed by atoms with Crippen molar-refractivity contribution < 1.29 is 28.9 Å². The Morgan fingerprint density at radius 2 is 1.57 bits per heavy atom. The predicted molar refractivity (Wildman–Crippen MR) is 178 cm³/mol. The van der Waals surface area contributed by atoms with Gasteiger partial charge in [0, 0.05) is 37.5 Å². The summed E-state index contributed by atoms with van der Waals surface area (Å²) in [6, 6.07) is 6.89. The molecule has 0 aliphatic carbocycles. The Morgan fingerprint density at radius 1 is 0.891 bits per heavy atom. The summed E-state index contributed by atoms with van der Waals surface area (Å²) in [7, 11) is 1.57. The van der Waals surface area contributed by atoms with Gasteiger partial charge in [0.1, 0.15) is 12.0 Å². The average molecular weight is 629 g/mol. The Hall–Kier alpha value is -4.31. The zero-order valence-electron chi connectivity index (χ0n) is 27.3. The summed E-state index contributed by atoms with van der Waals surface area (Å²) in [5, 5.41) is 11.4. The normalized spacial score (nSPS) is 22.0. The van der Waals surface area contributed by atoms with E-state index in [0.29, 0.717) is 72.5 Å². The monoisotopic (exact) mass is 628 g/mol. The van der Waals surface area contributed by atoms with Gasteiger partial charge in [-0.05, 0) is 70.6 Å². The molecule has 2 amide bonds. The number of carbonyl (C=O) groups excluding carboxylic acids is 2. The molecule has 0 spiro atoms. The molecule has 4 aliphatic rings. The van der Waals surface area contributed by atoms with Gasteiger partial charge in [-0.25, -0.2) is 0 Å². The smallest absolute Gasteiger partial charge is 0.257 e. The molecule has 10 heteroatoms. The van der Waals surface area contributed by atoms with E-state index in [1.165, 1.54) is 0 Å². The van der Waals surface area contributed by atoms with Crippen LogP contribution in [0.5, 0.6) is 17.2 Å². The third-order valence-electron chi connectivity index (χ3n) is 9.30. The van der Waals surface area contributed by atoms with E-state index in [1.807, 2.05) is 44.0 Å². The first-order valence-corrected chi connectivity index (χ1v) is 16.2. The van der Waals surface area contributed by atoms with Gasteiger partial charge in [0.15, 0.2) is 11.5 Å². The van der Waals surface area contributed by atoms with Crippen LogP contribution in [0.3, 0.4) is 0 Å². The van der Waals surface area contributed by atoms with Gasteiger partial charge < -0.3 is 34.0 Å². The number of aliphatic imine (C=N–C) groups is 1. The molecule has 10 nitrogen and oxygen atoms in total. The molecule has 6 rings (SSSR count). The summed E-state index contributed by atoms with van der Waals surface area (Å²) in [6.07, 6.45) is 4.82. The van der Waals surface area contributed by atoms with E-state index in [9.17, 15) is 14.7 Å². The molecule has 244 valence electrons. The molecule has 4 heterocycles. The van der Waals surface area contributed by atoms with Crippen LogP contribution in [0.2, 0.25) is 0 Å². The number of rotatable bonds is 10. The largest absolute Gasteiger partial charge is 0.493 e. The highest BCUT2D eigenvalue weighted by Gasteiger charge is 2.44. The second-order valence-corrected chi connectivity index (χ2v) is 13.0. The zero-order valence-corrected chi connectivity index (χ0v) is 27.3. The molecule has 1 N–H and O–H groups in total. The average Bonchev–Trinajstić information content (AvgIpc) is 3.56. The maximum atomic E-state index is 13.6. The molecule has 0 saturated carbocycles. The van der Waals surface area contributed by atoms with Crippen LogP contribution >= 0.6 is 0 Å². The highest BCUT2D eigenvalue weighted by molar-refractivity contribution is 6.04. The van der Waals surface area contributed by atoms with Crippen molar-refractivity contribution in [3.8, 4) is 17.2 Å². The van der Waals surface area contributed by atoms with Crippen LogP contribution in [-0.2, 0) is 0 Å². The van der Waals surface area contributed by atoms with Crippen LogP contribution in [-0.4, -0.2) is 90.7 Å². The first-order valence-electron chi connectivity index (χ1n) is 16.2. The number of carbonyl (C=O) groups is 2. The number of aliphatic hydroxyl groups excluding tert-OH is 1. The molecule has 1 unspecified atom stereocenters. The second kappa shape index (κ2) is 12.8. The highest BCUT2D eigenvalue weighted by atomic mass is 16.5. The van der Waals surface area contributed by atoms with Crippen LogP contribution in [0.1, 0.15) is 72.2 Å². The van der Waals surface area contributed by atoms with Crippen LogP contribution in [0.15, 0.2) is 53.6 Å². The summed E-state index contributed by atoms with van der Waals surface area (Å²) >= 11 is 0. The number of aliphatic hydroxyl groups is 1. The van der Waals surface area contributed by atoms with Gasteiger partial charge in [0.2, 0.25) is 0 Å². The number of benzene rings is 2. The molecule has 46 heavy (non-hydrogen) atoms. The van der Waals surface area contributed by atoms with Gasteiger partial charge in [0.05, 0.1) is 54.9 Å². The molecule has 2 aromatic rings. The summed E-state index contributed by atoms with van der Waals surface area (Å²) < 4.78 is 17.9. The van der Waals surface area contributed by atoms with Gasteiger partial charge >= 0.3 is 0 Å². The van der Waals surface area contributed by atoms with Crippen molar-refractivity contribution in [2.75, 3.05) is 38.3 Å². The fraction of sp³-hybridized carbons (Fsp3) is 0.472. The number of ether oxygens (including phenoxy) is 3.